The van der Waals surface area contributed by atoms with Gasteiger partial charge in [0.15, 0.2) is 5.96 Å². The van der Waals surface area contributed by atoms with Crippen LogP contribution < -0.4 is 14.8 Å². The maximum atomic E-state index is 11.8. The summed E-state index contributed by atoms with van der Waals surface area (Å²) in [6.07, 6.45) is 2.09. The van der Waals surface area contributed by atoms with Crippen LogP contribution in [0.1, 0.15) is 18.4 Å². The summed E-state index contributed by atoms with van der Waals surface area (Å²) in [6, 6.07) is 16.8. The molecule has 1 fully saturated rings. The SMILES string of the molecule is CN=C(NCc1ccc(S(=O)(=O)NC)cc1)N1CCC(Oc2ccccc2)CC1. The Labute approximate surface area is 172 Å². The Balaban J connectivity index is 1.50. The molecule has 1 aliphatic heterocycles. The highest BCUT2D eigenvalue weighted by Gasteiger charge is 2.22. The monoisotopic (exact) mass is 416 g/mol. The summed E-state index contributed by atoms with van der Waals surface area (Å²) in [4.78, 5) is 6.88. The highest BCUT2D eigenvalue weighted by molar-refractivity contribution is 7.89. The maximum Gasteiger partial charge on any atom is 0.240 e. The molecular formula is C21H28N4O3S. The summed E-state index contributed by atoms with van der Waals surface area (Å²) in [6.45, 7) is 2.32. The second-order valence-electron chi connectivity index (χ2n) is 6.87. The van der Waals surface area contributed by atoms with E-state index in [0.29, 0.717) is 6.54 Å². The zero-order valence-electron chi connectivity index (χ0n) is 16.8. The van der Waals surface area contributed by atoms with Crippen molar-refractivity contribution in [3.8, 4) is 5.75 Å². The number of nitrogens with one attached hydrogen (secondary N) is 2. The van der Waals surface area contributed by atoms with Gasteiger partial charge in [0.05, 0.1) is 4.90 Å². The van der Waals surface area contributed by atoms with Gasteiger partial charge in [-0.15, -0.1) is 0 Å². The molecule has 0 saturated carbocycles. The Kier molecular flexibility index (Phi) is 7.11. The molecule has 1 heterocycles. The van der Waals surface area contributed by atoms with Gasteiger partial charge < -0.3 is 15.0 Å². The fourth-order valence-electron chi connectivity index (χ4n) is 3.29. The molecule has 2 aromatic rings. The van der Waals surface area contributed by atoms with Crippen molar-refractivity contribution in [2.75, 3.05) is 27.2 Å². The quantitative estimate of drug-likeness (QED) is 0.557. The number of guanidine groups is 1. The Morgan fingerprint density at radius 3 is 2.34 bits per heavy atom. The highest BCUT2D eigenvalue weighted by Crippen LogP contribution is 2.19. The van der Waals surface area contributed by atoms with E-state index in [0.717, 1.165) is 43.2 Å². The number of ether oxygens (including phenoxy) is 1. The van der Waals surface area contributed by atoms with Crippen LogP contribution in [-0.4, -0.2) is 52.6 Å². The normalized spacial score (nSPS) is 15.9. The summed E-state index contributed by atoms with van der Waals surface area (Å²) < 4.78 is 32.0. The number of para-hydroxylation sites is 1. The lowest BCUT2D eigenvalue weighted by Crippen LogP contribution is -2.47. The first kappa shape index (κ1) is 21.1. The van der Waals surface area contributed by atoms with Crippen LogP contribution in [0.2, 0.25) is 0 Å². The molecule has 3 rings (SSSR count). The van der Waals surface area contributed by atoms with E-state index in [-0.39, 0.29) is 11.0 Å². The molecule has 8 heteroatoms. The average molecular weight is 417 g/mol. The molecule has 1 saturated heterocycles. The van der Waals surface area contributed by atoms with Gasteiger partial charge in [0.2, 0.25) is 10.0 Å². The van der Waals surface area contributed by atoms with Crippen LogP contribution in [0.3, 0.4) is 0 Å². The van der Waals surface area contributed by atoms with E-state index in [2.05, 4.69) is 19.9 Å². The molecule has 0 atom stereocenters. The molecule has 7 nitrogen and oxygen atoms in total. The molecule has 0 unspecified atom stereocenters. The number of rotatable bonds is 6. The topological polar surface area (TPSA) is 83.0 Å². The Morgan fingerprint density at radius 1 is 1.10 bits per heavy atom. The predicted octanol–water partition coefficient (Wildman–Crippen LogP) is 2.21. The van der Waals surface area contributed by atoms with E-state index in [1.165, 1.54) is 7.05 Å². The maximum absolute atomic E-state index is 11.8. The van der Waals surface area contributed by atoms with Gasteiger partial charge in [-0.2, -0.15) is 0 Å². The van der Waals surface area contributed by atoms with Crippen LogP contribution in [0.15, 0.2) is 64.5 Å². The van der Waals surface area contributed by atoms with Crippen LogP contribution in [0, 0.1) is 0 Å². The average Bonchev–Trinajstić information content (AvgIpc) is 2.76. The second kappa shape index (κ2) is 9.76. The van der Waals surface area contributed by atoms with Crippen LogP contribution in [0.5, 0.6) is 5.75 Å². The molecule has 0 amide bonds. The zero-order valence-corrected chi connectivity index (χ0v) is 17.7. The van der Waals surface area contributed by atoms with E-state index in [1.807, 2.05) is 42.5 Å². The summed E-state index contributed by atoms with van der Waals surface area (Å²) >= 11 is 0. The van der Waals surface area contributed by atoms with Crippen molar-refractivity contribution in [1.29, 1.82) is 0 Å². The molecule has 1 aliphatic rings. The second-order valence-corrected chi connectivity index (χ2v) is 8.76. The van der Waals surface area contributed by atoms with Crippen LogP contribution in [-0.2, 0) is 16.6 Å². The number of hydrogen-bond donors (Lipinski definition) is 2. The van der Waals surface area contributed by atoms with Gasteiger partial charge in [0.25, 0.3) is 0 Å². The molecule has 0 radical (unpaired) electrons. The van der Waals surface area contributed by atoms with E-state index in [9.17, 15) is 8.42 Å². The number of benzene rings is 2. The molecular weight excluding hydrogens is 388 g/mol. The molecule has 29 heavy (non-hydrogen) atoms. The third-order valence-electron chi connectivity index (χ3n) is 4.95. The Morgan fingerprint density at radius 2 is 1.76 bits per heavy atom. The van der Waals surface area contributed by atoms with Crippen molar-refractivity contribution in [2.45, 2.75) is 30.4 Å². The van der Waals surface area contributed by atoms with Gasteiger partial charge in [-0.05, 0) is 36.9 Å². The largest absolute Gasteiger partial charge is 0.490 e. The molecule has 2 N–H and O–H groups in total. The first-order valence-corrected chi connectivity index (χ1v) is 11.2. The van der Waals surface area contributed by atoms with Gasteiger partial charge in [-0.25, -0.2) is 13.1 Å². The molecule has 156 valence electrons. The molecule has 2 aromatic carbocycles. The van der Waals surface area contributed by atoms with Crippen molar-refractivity contribution in [3.63, 3.8) is 0 Å². The van der Waals surface area contributed by atoms with Gasteiger partial charge in [0, 0.05) is 39.5 Å². The van der Waals surface area contributed by atoms with E-state index in [4.69, 9.17) is 4.74 Å². The third kappa shape index (κ3) is 5.71. The minimum absolute atomic E-state index is 0.216. The summed E-state index contributed by atoms with van der Waals surface area (Å²) in [7, 11) is -0.229. The Bertz CT molecular complexity index is 907. The number of nitrogens with zero attached hydrogens (tertiary/aromatic N) is 2. The fraction of sp³-hybridized carbons (Fsp3) is 0.381. The van der Waals surface area contributed by atoms with Crippen LogP contribution in [0.25, 0.3) is 0 Å². The van der Waals surface area contributed by atoms with Crippen molar-refractivity contribution in [2.24, 2.45) is 4.99 Å². The van der Waals surface area contributed by atoms with E-state index < -0.39 is 10.0 Å². The third-order valence-corrected chi connectivity index (χ3v) is 6.38. The molecule has 0 spiro atoms. The van der Waals surface area contributed by atoms with Crippen molar-refractivity contribution in [1.82, 2.24) is 14.9 Å². The number of aliphatic imine (C=N–C) groups is 1. The lowest BCUT2D eigenvalue weighted by molar-refractivity contribution is 0.129. The van der Waals surface area contributed by atoms with Gasteiger partial charge in [0.1, 0.15) is 11.9 Å². The summed E-state index contributed by atoms with van der Waals surface area (Å²) in [5, 5.41) is 3.36. The first-order chi connectivity index (χ1) is 14.0. The first-order valence-electron chi connectivity index (χ1n) is 9.71. The molecule has 0 aliphatic carbocycles. The fourth-order valence-corrected chi connectivity index (χ4v) is 4.02. The minimum atomic E-state index is -3.41. The van der Waals surface area contributed by atoms with Crippen molar-refractivity contribution in [3.05, 3.63) is 60.2 Å². The van der Waals surface area contributed by atoms with Crippen LogP contribution in [0.4, 0.5) is 0 Å². The smallest absolute Gasteiger partial charge is 0.240 e. The van der Waals surface area contributed by atoms with E-state index in [1.54, 1.807) is 19.2 Å². The molecule has 0 bridgehead atoms. The highest BCUT2D eigenvalue weighted by atomic mass is 32.2. The summed E-state index contributed by atoms with van der Waals surface area (Å²) in [5.74, 6) is 1.76. The number of likely N-dealkylation sites (tertiary alicyclic amines) is 1. The predicted molar refractivity (Wildman–Crippen MR) is 115 cm³/mol. The van der Waals surface area contributed by atoms with Crippen LogP contribution >= 0.6 is 0 Å². The lowest BCUT2D eigenvalue weighted by atomic mass is 10.1. The van der Waals surface area contributed by atoms with Crippen molar-refractivity contribution < 1.29 is 13.2 Å². The summed E-state index contributed by atoms with van der Waals surface area (Å²) in [5.41, 5.74) is 0.989. The lowest BCUT2D eigenvalue weighted by Gasteiger charge is -2.34. The minimum Gasteiger partial charge on any atom is -0.490 e. The number of hydrogen-bond acceptors (Lipinski definition) is 4. The Hall–Kier alpha value is -2.58. The standard InChI is InChI=1S/C21H28N4O3S/c1-22-21(24-16-17-8-10-20(11-9-17)29(26,27)23-2)25-14-12-19(13-15-25)28-18-6-4-3-5-7-18/h3-11,19,23H,12-16H2,1-2H3,(H,22,24). The van der Waals surface area contributed by atoms with Gasteiger partial charge in [-0.1, -0.05) is 30.3 Å². The van der Waals surface area contributed by atoms with Gasteiger partial charge in [-0.3, -0.25) is 4.99 Å². The van der Waals surface area contributed by atoms with Gasteiger partial charge >= 0.3 is 0 Å². The zero-order chi connectivity index (χ0) is 20.7. The number of sulfonamides is 1. The molecule has 0 aromatic heterocycles. The van der Waals surface area contributed by atoms with E-state index >= 15 is 0 Å². The van der Waals surface area contributed by atoms with Crippen molar-refractivity contribution >= 4 is 16.0 Å². The number of piperidine rings is 1.